The monoisotopic (exact) mass is 402 g/mol. The van der Waals surface area contributed by atoms with Gasteiger partial charge in [0.25, 0.3) is 5.91 Å². The van der Waals surface area contributed by atoms with E-state index in [2.05, 4.69) is 21.2 Å². The molecule has 0 bridgehead atoms. The van der Waals surface area contributed by atoms with Crippen LogP contribution in [0.25, 0.3) is 0 Å². The van der Waals surface area contributed by atoms with Gasteiger partial charge in [-0.25, -0.2) is 13.6 Å². The van der Waals surface area contributed by atoms with Crippen molar-refractivity contribution in [1.82, 2.24) is 0 Å². The second-order valence-electron chi connectivity index (χ2n) is 4.77. The molecule has 124 valence electrons. The van der Waals surface area contributed by atoms with Crippen molar-refractivity contribution in [2.45, 2.75) is 18.7 Å². The molecular formula is C14H15BrN2O5S. The lowest BCUT2D eigenvalue weighted by molar-refractivity contribution is 0.102. The molecule has 2 rings (SSSR count). The fraction of sp³-hybridized carbons (Fsp3) is 0.214. The highest BCUT2D eigenvalue weighted by molar-refractivity contribution is 9.10. The molecule has 0 atom stereocenters. The summed E-state index contributed by atoms with van der Waals surface area (Å²) in [6.45, 7) is 3.39. The van der Waals surface area contributed by atoms with E-state index < -0.39 is 15.9 Å². The van der Waals surface area contributed by atoms with Gasteiger partial charge in [-0.3, -0.25) is 4.79 Å². The van der Waals surface area contributed by atoms with Gasteiger partial charge in [-0.2, -0.15) is 0 Å². The van der Waals surface area contributed by atoms with Gasteiger partial charge in [0.05, 0.1) is 17.1 Å². The molecule has 23 heavy (non-hydrogen) atoms. The Bertz CT molecular complexity index is 874. The minimum absolute atomic E-state index is 0.0991. The van der Waals surface area contributed by atoms with E-state index in [9.17, 15) is 13.2 Å². The van der Waals surface area contributed by atoms with Crippen LogP contribution in [-0.4, -0.2) is 21.4 Å². The summed E-state index contributed by atoms with van der Waals surface area (Å²) in [5, 5.41) is 7.77. The van der Waals surface area contributed by atoms with Crippen LogP contribution in [0, 0.1) is 13.8 Å². The highest BCUT2D eigenvalue weighted by atomic mass is 79.9. The molecule has 0 aliphatic rings. The number of hydrogen-bond donors (Lipinski definition) is 2. The van der Waals surface area contributed by atoms with E-state index in [0.29, 0.717) is 21.6 Å². The van der Waals surface area contributed by atoms with Crippen LogP contribution < -0.4 is 15.2 Å². The summed E-state index contributed by atoms with van der Waals surface area (Å²) in [5.41, 5.74) is 0.612. The average Bonchev–Trinajstić information content (AvgIpc) is 2.71. The number of rotatable bonds is 4. The Labute approximate surface area is 142 Å². The van der Waals surface area contributed by atoms with Crippen LogP contribution in [0.2, 0.25) is 0 Å². The lowest BCUT2D eigenvalue weighted by Gasteiger charge is -2.10. The van der Waals surface area contributed by atoms with E-state index in [1.165, 1.54) is 25.3 Å². The molecule has 1 aromatic heterocycles. The highest BCUT2D eigenvalue weighted by Crippen LogP contribution is 2.30. The lowest BCUT2D eigenvalue weighted by atomic mass is 10.2. The second-order valence-corrected chi connectivity index (χ2v) is 7.09. The van der Waals surface area contributed by atoms with Crippen molar-refractivity contribution in [3.8, 4) is 5.75 Å². The normalized spacial score (nSPS) is 11.3. The van der Waals surface area contributed by atoms with Crippen LogP contribution in [0.1, 0.15) is 21.9 Å². The van der Waals surface area contributed by atoms with Crippen molar-refractivity contribution in [1.29, 1.82) is 0 Å². The minimum Gasteiger partial charge on any atom is -0.495 e. The fourth-order valence-corrected chi connectivity index (χ4v) is 3.35. The average molecular weight is 403 g/mol. The van der Waals surface area contributed by atoms with Crippen LogP contribution in [0.15, 0.2) is 32.0 Å². The Balaban J connectivity index is 2.39. The molecule has 9 heteroatoms. The molecule has 0 saturated heterocycles. The van der Waals surface area contributed by atoms with Crippen molar-refractivity contribution < 1.29 is 22.4 Å². The predicted molar refractivity (Wildman–Crippen MR) is 88.2 cm³/mol. The van der Waals surface area contributed by atoms with E-state index >= 15 is 0 Å². The summed E-state index contributed by atoms with van der Waals surface area (Å²) in [6, 6.07) is 4.17. The number of aryl methyl sites for hydroxylation is 2. The smallest absolute Gasteiger partial charge is 0.260 e. The number of carbonyl (C=O) groups is 1. The number of primary sulfonamides is 1. The number of halogens is 1. The molecular weight excluding hydrogens is 388 g/mol. The van der Waals surface area contributed by atoms with Crippen molar-refractivity contribution in [2.75, 3.05) is 12.4 Å². The molecule has 0 aliphatic heterocycles. The molecule has 0 radical (unpaired) electrons. The van der Waals surface area contributed by atoms with Gasteiger partial charge in [0.1, 0.15) is 22.2 Å². The summed E-state index contributed by atoms with van der Waals surface area (Å²) in [4.78, 5) is 12.2. The van der Waals surface area contributed by atoms with E-state index in [0.717, 1.165) is 0 Å². The molecule has 2 aromatic rings. The highest BCUT2D eigenvalue weighted by Gasteiger charge is 2.21. The third-order valence-electron chi connectivity index (χ3n) is 3.14. The third kappa shape index (κ3) is 3.57. The zero-order valence-electron chi connectivity index (χ0n) is 12.6. The number of hydrogen-bond acceptors (Lipinski definition) is 5. The molecule has 3 N–H and O–H groups in total. The number of amides is 1. The first kappa shape index (κ1) is 17.5. The number of benzene rings is 1. The van der Waals surface area contributed by atoms with E-state index in [4.69, 9.17) is 14.3 Å². The Kier molecular flexibility index (Phi) is 4.83. The maximum Gasteiger partial charge on any atom is 0.260 e. The van der Waals surface area contributed by atoms with Crippen molar-refractivity contribution in [3.05, 3.63) is 39.8 Å². The van der Waals surface area contributed by atoms with Crippen LogP contribution in [-0.2, 0) is 10.0 Å². The van der Waals surface area contributed by atoms with Crippen LogP contribution in [0.4, 0.5) is 5.69 Å². The van der Waals surface area contributed by atoms with Crippen molar-refractivity contribution in [3.63, 3.8) is 0 Å². The summed E-state index contributed by atoms with van der Waals surface area (Å²) in [5.74, 6) is 0.693. The Morgan fingerprint density at radius 3 is 2.43 bits per heavy atom. The fourth-order valence-electron chi connectivity index (χ4n) is 2.09. The number of ether oxygens (including phenoxy) is 1. The largest absolute Gasteiger partial charge is 0.495 e. The van der Waals surface area contributed by atoms with Crippen LogP contribution in [0.3, 0.4) is 0 Å². The topological polar surface area (TPSA) is 112 Å². The van der Waals surface area contributed by atoms with Gasteiger partial charge in [-0.1, -0.05) is 0 Å². The second kappa shape index (κ2) is 6.34. The van der Waals surface area contributed by atoms with Crippen molar-refractivity contribution >= 4 is 37.5 Å². The molecule has 0 aliphatic carbocycles. The number of anilines is 1. The van der Waals surface area contributed by atoms with E-state index in [1.807, 2.05) is 0 Å². The first-order valence-electron chi connectivity index (χ1n) is 6.42. The van der Waals surface area contributed by atoms with Gasteiger partial charge in [0.15, 0.2) is 0 Å². The molecule has 0 fully saturated rings. The zero-order valence-corrected chi connectivity index (χ0v) is 15.0. The molecule has 0 unspecified atom stereocenters. The van der Waals surface area contributed by atoms with Gasteiger partial charge in [0.2, 0.25) is 10.0 Å². The SMILES string of the molecule is COc1ccc(NC(=O)c2c(C)oc(C)c2Br)cc1S(N)(=O)=O. The summed E-state index contributed by atoms with van der Waals surface area (Å²) in [6.07, 6.45) is 0. The number of nitrogens with two attached hydrogens (primary N) is 1. The zero-order chi connectivity index (χ0) is 17.4. The van der Waals surface area contributed by atoms with Gasteiger partial charge in [-0.05, 0) is 48.0 Å². The minimum atomic E-state index is -3.98. The quantitative estimate of drug-likeness (QED) is 0.815. The maximum atomic E-state index is 12.4. The standard InChI is InChI=1S/C14H15BrN2O5S/c1-7-12(13(15)8(2)22-7)14(18)17-9-4-5-10(21-3)11(6-9)23(16,19)20/h4-6H,1-3H3,(H,17,18)(H2,16,19,20). The molecule has 1 heterocycles. The summed E-state index contributed by atoms with van der Waals surface area (Å²) in [7, 11) is -2.65. The third-order valence-corrected chi connectivity index (χ3v) is 5.03. The molecule has 0 saturated carbocycles. The van der Waals surface area contributed by atoms with Crippen molar-refractivity contribution in [2.24, 2.45) is 5.14 Å². The first-order chi connectivity index (χ1) is 10.6. The predicted octanol–water partition coefficient (Wildman–Crippen LogP) is 2.57. The summed E-state index contributed by atoms with van der Waals surface area (Å²) >= 11 is 3.29. The Morgan fingerprint density at radius 1 is 1.30 bits per heavy atom. The number of sulfonamides is 1. The molecule has 1 aromatic carbocycles. The van der Waals surface area contributed by atoms with Gasteiger partial charge in [-0.15, -0.1) is 0 Å². The Hall–Kier alpha value is -1.84. The molecule has 1 amide bonds. The summed E-state index contributed by atoms with van der Waals surface area (Å²) < 4.78 is 34.1. The number of nitrogens with one attached hydrogen (secondary N) is 1. The Morgan fingerprint density at radius 2 is 1.96 bits per heavy atom. The lowest BCUT2D eigenvalue weighted by Crippen LogP contribution is -2.16. The van der Waals surface area contributed by atoms with E-state index in [1.54, 1.807) is 13.8 Å². The van der Waals surface area contributed by atoms with E-state index in [-0.39, 0.29) is 16.3 Å². The number of carbonyl (C=O) groups excluding carboxylic acids is 1. The number of methoxy groups -OCH3 is 1. The molecule has 7 nitrogen and oxygen atoms in total. The first-order valence-corrected chi connectivity index (χ1v) is 8.76. The van der Waals surface area contributed by atoms with Gasteiger partial charge < -0.3 is 14.5 Å². The van der Waals surface area contributed by atoms with Gasteiger partial charge >= 0.3 is 0 Å². The van der Waals surface area contributed by atoms with Crippen LogP contribution >= 0.6 is 15.9 Å². The van der Waals surface area contributed by atoms with Gasteiger partial charge in [0, 0.05) is 5.69 Å². The maximum absolute atomic E-state index is 12.4. The van der Waals surface area contributed by atoms with Crippen LogP contribution in [0.5, 0.6) is 5.75 Å². The molecule has 0 spiro atoms. The number of furan rings is 1.